The number of carbonyl (C=O) groups is 2. The van der Waals surface area contributed by atoms with Gasteiger partial charge in [-0.2, -0.15) is 0 Å². The van der Waals surface area contributed by atoms with Gasteiger partial charge in [0, 0.05) is 12.1 Å². The molecule has 4 nitrogen and oxygen atoms in total. The first kappa shape index (κ1) is 18.9. The Hall–Kier alpha value is -2.10. The van der Waals surface area contributed by atoms with Crippen molar-refractivity contribution in [3.8, 4) is 5.75 Å². The molecule has 0 bridgehead atoms. The second-order valence-electron chi connectivity index (χ2n) is 5.65. The monoisotopic (exact) mass is 317 g/mol. The highest BCUT2D eigenvalue weighted by molar-refractivity contribution is 6.06. The molecule has 0 saturated carbocycles. The van der Waals surface area contributed by atoms with Gasteiger partial charge in [0.2, 0.25) is 5.91 Å². The predicted molar refractivity (Wildman–Crippen MR) is 92.5 cm³/mol. The molecular formula is C19H27NO3. The minimum atomic E-state index is -0.512. The zero-order valence-corrected chi connectivity index (χ0v) is 14.6. The van der Waals surface area contributed by atoms with Crippen LogP contribution in [0, 0.1) is 5.41 Å². The van der Waals surface area contributed by atoms with Crippen molar-refractivity contribution in [3.05, 3.63) is 42.5 Å². The maximum absolute atomic E-state index is 12.6. The van der Waals surface area contributed by atoms with E-state index in [1.807, 2.05) is 20.8 Å². The van der Waals surface area contributed by atoms with Crippen LogP contribution >= 0.6 is 0 Å². The van der Waals surface area contributed by atoms with Gasteiger partial charge in [-0.25, -0.2) is 0 Å². The molecular weight excluding hydrogens is 290 g/mol. The zero-order chi connectivity index (χ0) is 17.5. The van der Waals surface area contributed by atoms with Crippen LogP contribution in [0.4, 0.5) is 0 Å². The van der Waals surface area contributed by atoms with Crippen LogP contribution in [0.3, 0.4) is 0 Å². The topological polar surface area (TPSA) is 46.6 Å². The third kappa shape index (κ3) is 4.21. The molecule has 2 rings (SSSR count). The van der Waals surface area contributed by atoms with E-state index in [4.69, 9.17) is 4.74 Å². The number of methoxy groups -OCH3 is 1. The third-order valence-electron chi connectivity index (χ3n) is 4.05. The van der Waals surface area contributed by atoms with Crippen LogP contribution in [-0.4, -0.2) is 30.4 Å². The van der Waals surface area contributed by atoms with Gasteiger partial charge in [-0.05, 0) is 43.5 Å². The van der Waals surface area contributed by atoms with Gasteiger partial charge in [-0.3, -0.25) is 14.5 Å². The Balaban J connectivity index is 0.00000127. The summed E-state index contributed by atoms with van der Waals surface area (Å²) in [5.41, 5.74) is -0.00529. The van der Waals surface area contributed by atoms with E-state index in [0.717, 1.165) is 12.8 Å². The maximum atomic E-state index is 12.6. The molecule has 1 aliphatic rings. The average molecular weight is 317 g/mol. The number of likely N-dealkylation sites (tertiary alicyclic amines) is 1. The van der Waals surface area contributed by atoms with E-state index in [2.05, 4.69) is 6.58 Å². The van der Waals surface area contributed by atoms with Gasteiger partial charge < -0.3 is 4.74 Å². The lowest BCUT2D eigenvalue weighted by molar-refractivity contribution is -0.141. The molecule has 0 N–H and O–H groups in total. The van der Waals surface area contributed by atoms with Crippen LogP contribution in [0.5, 0.6) is 5.75 Å². The van der Waals surface area contributed by atoms with Crippen LogP contribution in [-0.2, 0) is 4.79 Å². The summed E-state index contributed by atoms with van der Waals surface area (Å²) in [6, 6.07) is 6.83. The van der Waals surface area contributed by atoms with Crippen LogP contribution < -0.4 is 4.74 Å². The minimum Gasteiger partial charge on any atom is -0.497 e. The Morgan fingerprint density at radius 1 is 1.35 bits per heavy atom. The zero-order valence-electron chi connectivity index (χ0n) is 14.6. The Bertz CT molecular complexity index is 550. The number of allylic oxidation sites excluding steroid dienone is 1. The molecule has 1 fully saturated rings. The van der Waals surface area contributed by atoms with E-state index >= 15 is 0 Å². The molecule has 126 valence electrons. The van der Waals surface area contributed by atoms with Crippen molar-refractivity contribution in [1.29, 1.82) is 0 Å². The van der Waals surface area contributed by atoms with Crippen molar-refractivity contribution in [2.24, 2.45) is 5.41 Å². The lowest BCUT2D eigenvalue weighted by atomic mass is 9.78. The maximum Gasteiger partial charge on any atom is 0.260 e. The summed E-state index contributed by atoms with van der Waals surface area (Å²) in [6.07, 6.45) is 3.97. The minimum absolute atomic E-state index is 0.102. The van der Waals surface area contributed by atoms with Gasteiger partial charge in [0.25, 0.3) is 5.91 Å². The Labute approximate surface area is 139 Å². The van der Waals surface area contributed by atoms with Crippen molar-refractivity contribution in [1.82, 2.24) is 4.90 Å². The molecule has 0 aliphatic carbocycles. The molecule has 23 heavy (non-hydrogen) atoms. The Morgan fingerprint density at radius 2 is 1.96 bits per heavy atom. The Morgan fingerprint density at radius 3 is 2.48 bits per heavy atom. The first-order chi connectivity index (χ1) is 11.0. The summed E-state index contributed by atoms with van der Waals surface area (Å²) >= 11 is 0. The predicted octanol–water partition coefficient (Wildman–Crippen LogP) is 4.07. The van der Waals surface area contributed by atoms with Gasteiger partial charge in [-0.1, -0.05) is 26.8 Å². The quantitative estimate of drug-likeness (QED) is 0.621. The van der Waals surface area contributed by atoms with Crippen LogP contribution in [0.1, 0.15) is 50.4 Å². The standard InChI is InChI=1S/C17H21NO3.C2H6/c1-4-10-17(2)11-5-12-18(16(17)20)15(19)13-6-8-14(21-3)9-7-13;1-2/h4,6-9H,1,5,10-12H2,2-3H3;1-2H3/t17-;/m1./s1. The summed E-state index contributed by atoms with van der Waals surface area (Å²) in [5.74, 6) is 0.347. The number of hydrogen-bond acceptors (Lipinski definition) is 3. The fourth-order valence-corrected chi connectivity index (χ4v) is 2.75. The molecule has 1 heterocycles. The van der Waals surface area contributed by atoms with Crippen LogP contribution in [0.15, 0.2) is 36.9 Å². The highest BCUT2D eigenvalue weighted by Gasteiger charge is 2.41. The smallest absolute Gasteiger partial charge is 0.260 e. The number of hydrogen-bond donors (Lipinski definition) is 0. The molecule has 1 aromatic rings. The second kappa shape index (κ2) is 8.51. The van der Waals surface area contributed by atoms with Crippen molar-refractivity contribution in [2.45, 2.75) is 40.0 Å². The number of carbonyl (C=O) groups excluding carboxylic acids is 2. The first-order valence-corrected chi connectivity index (χ1v) is 8.13. The number of amides is 2. The fourth-order valence-electron chi connectivity index (χ4n) is 2.75. The summed E-state index contributed by atoms with van der Waals surface area (Å²) < 4.78 is 5.08. The molecule has 0 unspecified atom stereocenters. The molecule has 0 radical (unpaired) electrons. The molecule has 2 amide bonds. The Kier molecular flexibility index (Phi) is 7.01. The molecule has 4 heteroatoms. The van der Waals surface area contributed by atoms with E-state index in [9.17, 15) is 9.59 Å². The van der Waals surface area contributed by atoms with Gasteiger partial charge in [0.15, 0.2) is 0 Å². The van der Waals surface area contributed by atoms with E-state index < -0.39 is 5.41 Å². The van der Waals surface area contributed by atoms with E-state index in [1.165, 1.54) is 4.90 Å². The van der Waals surface area contributed by atoms with Crippen molar-refractivity contribution in [3.63, 3.8) is 0 Å². The second-order valence-corrected chi connectivity index (χ2v) is 5.65. The van der Waals surface area contributed by atoms with Gasteiger partial charge in [0.05, 0.1) is 12.5 Å². The number of nitrogens with zero attached hydrogens (tertiary/aromatic N) is 1. The molecule has 0 spiro atoms. The summed E-state index contributed by atoms with van der Waals surface area (Å²) in [4.78, 5) is 26.5. The number of benzene rings is 1. The number of rotatable bonds is 4. The summed E-state index contributed by atoms with van der Waals surface area (Å²) in [6.45, 7) is 10.1. The third-order valence-corrected chi connectivity index (χ3v) is 4.05. The highest BCUT2D eigenvalue weighted by atomic mass is 16.5. The van der Waals surface area contributed by atoms with Crippen LogP contribution in [0.25, 0.3) is 0 Å². The van der Waals surface area contributed by atoms with Crippen molar-refractivity contribution in [2.75, 3.05) is 13.7 Å². The number of imide groups is 1. The largest absolute Gasteiger partial charge is 0.497 e. The van der Waals surface area contributed by atoms with Gasteiger partial charge >= 0.3 is 0 Å². The molecule has 1 aliphatic heterocycles. The molecule has 1 aromatic carbocycles. The SMILES string of the molecule is C=CC[C@]1(C)CCCN(C(=O)c2ccc(OC)cc2)C1=O.CC. The van der Waals surface area contributed by atoms with Crippen LogP contribution in [0.2, 0.25) is 0 Å². The lowest BCUT2D eigenvalue weighted by Gasteiger charge is -2.37. The lowest BCUT2D eigenvalue weighted by Crippen LogP contribution is -2.49. The molecule has 0 aromatic heterocycles. The van der Waals surface area contributed by atoms with E-state index in [1.54, 1.807) is 37.5 Å². The summed E-state index contributed by atoms with van der Waals surface area (Å²) in [5, 5.41) is 0. The summed E-state index contributed by atoms with van der Waals surface area (Å²) in [7, 11) is 1.58. The van der Waals surface area contributed by atoms with Crippen molar-refractivity contribution < 1.29 is 14.3 Å². The van der Waals surface area contributed by atoms with E-state index in [0.29, 0.717) is 24.3 Å². The van der Waals surface area contributed by atoms with Crippen molar-refractivity contribution >= 4 is 11.8 Å². The van der Waals surface area contributed by atoms with Gasteiger partial charge in [0.1, 0.15) is 5.75 Å². The van der Waals surface area contributed by atoms with Gasteiger partial charge in [-0.15, -0.1) is 6.58 Å². The normalized spacial score (nSPS) is 20.3. The fraction of sp³-hybridized carbons (Fsp3) is 0.474. The highest BCUT2D eigenvalue weighted by Crippen LogP contribution is 2.35. The number of ether oxygens (including phenoxy) is 1. The molecule has 1 atom stereocenters. The van der Waals surface area contributed by atoms with E-state index in [-0.39, 0.29) is 11.8 Å². The average Bonchev–Trinajstić information content (AvgIpc) is 2.59. The molecule has 1 saturated heterocycles. The first-order valence-electron chi connectivity index (χ1n) is 8.13. The number of piperidine rings is 1.